The van der Waals surface area contributed by atoms with Crippen molar-refractivity contribution in [2.24, 2.45) is 0 Å². The third kappa shape index (κ3) is 0.961. The van der Waals surface area contributed by atoms with E-state index in [2.05, 4.69) is 28.2 Å². The molecule has 0 unspecified atom stereocenters. The molecule has 1 nitrogen and oxygen atoms in total. The van der Waals surface area contributed by atoms with E-state index in [-0.39, 0.29) is 15.0 Å². The predicted molar refractivity (Wildman–Crippen MR) is 46.5 cm³/mol. The van der Waals surface area contributed by atoms with Crippen LogP contribution in [-0.2, 0) is 0 Å². The van der Waals surface area contributed by atoms with E-state index in [1.54, 1.807) is 0 Å². The predicted octanol–water partition coefficient (Wildman–Crippen LogP) is 1.05. The van der Waals surface area contributed by atoms with Gasteiger partial charge in [0, 0.05) is 0 Å². The third-order valence-electron chi connectivity index (χ3n) is 1.49. The van der Waals surface area contributed by atoms with Gasteiger partial charge in [0.1, 0.15) is 0 Å². The van der Waals surface area contributed by atoms with E-state index in [1.165, 1.54) is 10.2 Å². The Labute approximate surface area is 66.0 Å². The van der Waals surface area contributed by atoms with Crippen LogP contribution in [0.3, 0.4) is 0 Å². The van der Waals surface area contributed by atoms with Crippen LogP contribution in [0, 0.1) is 0 Å². The van der Waals surface area contributed by atoms with Crippen molar-refractivity contribution in [3.05, 3.63) is 41.1 Å². The van der Waals surface area contributed by atoms with Crippen LogP contribution in [-0.4, -0.2) is 19.9 Å². The van der Waals surface area contributed by atoms with Gasteiger partial charge in [-0.3, -0.25) is 0 Å². The van der Waals surface area contributed by atoms with E-state index >= 15 is 0 Å². The molecule has 0 bridgehead atoms. The average Bonchev–Trinajstić information content (AvgIpc) is 2.59. The molecular weight excluding hydrogens is 189 g/mol. The molecule has 1 aromatic heterocycles. The number of aromatic amines is 1. The quantitative estimate of drug-likeness (QED) is 0.649. The molecule has 1 aromatic rings. The molecule has 0 atom stereocenters. The number of hydrogen-bond donors (Lipinski definition) is 1. The monoisotopic (exact) mass is 199 g/mol. The second-order valence-corrected chi connectivity index (χ2v) is 4.60. The molecule has 10 heavy (non-hydrogen) atoms. The number of nitrogens with one attached hydrogen (secondary N) is 1. The molecule has 52 valence electrons. The topological polar surface area (TPSA) is 15.8 Å². The Bertz CT molecular complexity index is 269. The van der Waals surface area contributed by atoms with Crippen molar-refractivity contribution in [3.63, 3.8) is 0 Å². The summed E-state index contributed by atoms with van der Waals surface area (Å²) in [5.74, 6) is 0. The fourth-order valence-electron chi connectivity index (χ4n) is 0.996. The number of H-pyrrole nitrogens is 1. The van der Waals surface area contributed by atoms with Crippen molar-refractivity contribution in [2.45, 2.75) is 0 Å². The summed E-state index contributed by atoms with van der Waals surface area (Å²) in [6.07, 6.45) is 6.32. The zero-order valence-electron chi connectivity index (χ0n) is 5.46. The Balaban J connectivity index is 2.30. The summed E-state index contributed by atoms with van der Waals surface area (Å²) in [7, 11) is 0. The molecule has 1 aliphatic rings. The van der Waals surface area contributed by atoms with E-state index < -0.39 is 0 Å². The van der Waals surface area contributed by atoms with Crippen molar-refractivity contribution in [1.29, 1.82) is 0 Å². The van der Waals surface area contributed by atoms with Gasteiger partial charge in [0.2, 0.25) is 0 Å². The first-order chi connectivity index (χ1) is 4.97. The second-order valence-electron chi connectivity index (χ2n) is 2.17. The maximum absolute atomic E-state index is 3.20. The van der Waals surface area contributed by atoms with Gasteiger partial charge in [0.15, 0.2) is 0 Å². The first-order valence-electron chi connectivity index (χ1n) is 3.24. The van der Waals surface area contributed by atoms with Crippen LogP contribution in [0.15, 0.2) is 35.5 Å². The Morgan fingerprint density at radius 2 is 2.40 bits per heavy atom. The van der Waals surface area contributed by atoms with Crippen LogP contribution < -0.4 is 0 Å². The van der Waals surface area contributed by atoms with Gasteiger partial charge in [-0.1, -0.05) is 0 Å². The van der Waals surface area contributed by atoms with Gasteiger partial charge >= 0.3 is 65.6 Å². The number of aromatic nitrogens is 1. The van der Waals surface area contributed by atoms with Crippen LogP contribution >= 0.6 is 0 Å². The molecule has 0 radical (unpaired) electrons. The molecule has 1 N–H and O–H groups in total. The van der Waals surface area contributed by atoms with E-state index in [0.29, 0.717) is 0 Å². The summed E-state index contributed by atoms with van der Waals surface area (Å²) < 4.78 is 1.50. The Morgan fingerprint density at radius 1 is 1.40 bits per heavy atom. The molecule has 0 aliphatic carbocycles. The van der Waals surface area contributed by atoms with E-state index in [4.69, 9.17) is 0 Å². The van der Waals surface area contributed by atoms with Crippen molar-refractivity contribution in [1.82, 2.24) is 4.98 Å². The molecule has 0 saturated carbocycles. The molecule has 0 aromatic carbocycles. The molecule has 0 saturated heterocycles. The fraction of sp³-hybridized carbons (Fsp3) is 0. The van der Waals surface area contributed by atoms with Crippen LogP contribution in [0.5, 0.6) is 0 Å². The van der Waals surface area contributed by atoms with Crippen molar-refractivity contribution < 1.29 is 0 Å². The molecule has 2 heterocycles. The molecule has 0 fully saturated rings. The standard InChI is InChI=1S/C8H9NSe/c1-3-7(9-5-1)8-4-2-6-10-8/h1-6,9H,10H2. The van der Waals surface area contributed by atoms with Crippen molar-refractivity contribution in [2.75, 3.05) is 0 Å². The van der Waals surface area contributed by atoms with Crippen LogP contribution in [0.4, 0.5) is 0 Å². The number of rotatable bonds is 1. The summed E-state index contributed by atoms with van der Waals surface area (Å²) in [6.45, 7) is 0. The maximum atomic E-state index is 3.20. The van der Waals surface area contributed by atoms with Crippen molar-refractivity contribution in [3.8, 4) is 0 Å². The zero-order chi connectivity index (χ0) is 6.81. The minimum atomic E-state index is 0.0508. The van der Waals surface area contributed by atoms with Gasteiger partial charge < -0.3 is 0 Å². The summed E-state index contributed by atoms with van der Waals surface area (Å²) >= 11 is 0.0508. The molecule has 2 heteroatoms. The van der Waals surface area contributed by atoms with Crippen molar-refractivity contribution >= 4 is 19.4 Å². The summed E-state index contributed by atoms with van der Waals surface area (Å²) in [5.41, 5.74) is 1.30. The molecular formula is C8H9NSe. The molecule has 2 rings (SSSR count). The summed E-state index contributed by atoms with van der Waals surface area (Å²) in [5, 5.41) is 0. The summed E-state index contributed by atoms with van der Waals surface area (Å²) in [4.78, 5) is 5.49. The zero-order valence-corrected chi connectivity index (χ0v) is 7.56. The Hall–Kier alpha value is -0.721. The van der Waals surface area contributed by atoms with Gasteiger partial charge in [-0.2, -0.15) is 0 Å². The normalized spacial score (nSPS) is 19.8. The van der Waals surface area contributed by atoms with Crippen LogP contribution in [0.1, 0.15) is 5.69 Å². The average molecular weight is 198 g/mol. The molecule has 1 aliphatic heterocycles. The first kappa shape index (κ1) is 6.02. The Morgan fingerprint density at radius 3 is 3.00 bits per heavy atom. The fourth-order valence-corrected chi connectivity index (χ4v) is 2.83. The van der Waals surface area contributed by atoms with Gasteiger partial charge in [-0.25, -0.2) is 0 Å². The minimum absolute atomic E-state index is 0.0508. The third-order valence-corrected chi connectivity index (χ3v) is 3.81. The van der Waals surface area contributed by atoms with Gasteiger partial charge in [0.05, 0.1) is 0 Å². The Kier molecular flexibility index (Phi) is 1.50. The van der Waals surface area contributed by atoms with Gasteiger partial charge in [-0.15, -0.1) is 0 Å². The number of hydrogen-bond acceptors (Lipinski definition) is 0. The van der Waals surface area contributed by atoms with Gasteiger partial charge in [0.25, 0.3) is 0 Å². The van der Waals surface area contributed by atoms with Crippen LogP contribution in [0.25, 0.3) is 4.47 Å². The second kappa shape index (κ2) is 2.49. The van der Waals surface area contributed by atoms with Crippen LogP contribution in [0.2, 0.25) is 0 Å². The van der Waals surface area contributed by atoms with Gasteiger partial charge in [-0.05, 0) is 0 Å². The van der Waals surface area contributed by atoms with E-state index in [1.807, 2.05) is 12.3 Å². The van der Waals surface area contributed by atoms with E-state index in [0.717, 1.165) is 0 Å². The first-order valence-corrected chi connectivity index (χ1v) is 5.50. The SMILES string of the molecule is C1=C[SeH2]C(c2ccc[nH]2)=C1. The summed E-state index contributed by atoms with van der Waals surface area (Å²) in [6, 6.07) is 4.17. The van der Waals surface area contributed by atoms with E-state index in [9.17, 15) is 0 Å². The molecule has 0 spiro atoms. The number of allylic oxidation sites excluding steroid dienone is 2. The molecule has 0 amide bonds.